The molecule has 7 nitrogen and oxygen atoms in total. The fourth-order valence-electron chi connectivity index (χ4n) is 3.80. The van der Waals surface area contributed by atoms with Gasteiger partial charge in [-0.25, -0.2) is 8.42 Å². The smallest absolute Gasteiger partial charge is 0.261 e. The van der Waals surface area contributed by atoms with E-state index in [0.717, 1.165) is 12.0 Å². The number of hydrogen-bond acceptors (Lipinski definition) is 4. The zero-order chi connectivity index (χ0) is 23.5. The van der Waals surface area contributed by atoms with Crippen LogP contribution in [0.4, 0.5) is 5.69 Å². The lowest BCUT2D eigenvalue weighted by molar-refractivity contribution is -0.124. The molecule has 1 aliphatic rings. The Labute approximate surface area is 190 Å². The lowest BCUT2D eigenvalue weighted by Gasteiger charge is -2.24. The van der Waals surface area contributed by atoms with Crippen LogP contribution < -0.4 is 10.0 Å². The minimum atomic E-state index is -3.81. The summed E-state index contributed by atoms with van der Waals surface area (Å²) in [6.07, 6.45) is 1.37. The molecule has 2 N–H and O–H groups in total. The van der Waals surface area contributed by atoms with Crippen LogP contribution in [-0.2, 0) is 20.2 Å². The maximum Gasteiger partial charge on any atom is 0.261 e. The first-order valence-corrected chi connectivity index (χ1v) is 12.3. The van der Waals surface area contributed by atoms with Gasteiger partial charge in [0.05, 0.1) is 4.90 Å². The van der Waals surface area contributed by atoms with E-state index < -0.39 is 16.1 Å². The molecule has 0 saturated carbocycles. The fraction of sp³-hybridized carbons (Fsp3) is 0.417. The van der Waals surface area contributed by atoms with Gasteiger partial charge in [0.2, 0.25) is 5.91 Å². The number of rotatable bonds is 6. The molecule has 8 heteroatoms. The number of hydrogen-bond donors (Lipinski definition) is 2. The first-order chi connectivity index (χ1) is 15.0. The molecule has 0 aromatic heterocycles. The summed E-state index contributed by atoms with van der Waals surface area (Å²) >= 11 is 0. The van der Waals surface area contributed by atoms with Crippen molar-refractivity contribution >= 4 is 27.5 Å². The zero-order valence-electron chi connectivity index (χ0n) is 19.0. The van der Waals surface area contributed by atoms with Gasteiger partial charge < -0.3 is 10.2 Å². The molecule has 3 rings (SSSR count). The van der Waals surface area contributed by atoms with Crippen LogP contribution in [0.2, 0.25) is 0 Å². The van der Waals surface area contributed by atoms with Crippen LogP contribution in [-0.4, -0.2) is 44.3 Å². The molecule has 1 heterocycles. The Morgan fingerprint density at radius 1 is 1.09 bits per heavy atom. The molecule has 1 atom stereocenters. The highest BCUT2D eigenvalue weighted by molar-refractivity contribution is 7.92. The Kier molecular flexibility index (Phi) is 6.93. The van der Waals surface area contributed by atoms with Crippen LogP contribution in [0.15, 0.2) is 53.4 Å². The quantitative estimate of drug-likeness (QED) is 0.694. The van der Waals surface area contributed by atoms with E-state index in [2.05, 4.69) is 30.8 Å². The van der Waals surface area contributed by atoms with Crippen LogP contribution in [0.3, 0.4) is 0 Å². The van der Waals surface area contributed by atoms with Gasteiger partial charge in [-0.1, -0.05) is 39.0 Å². The second-order valence-corrected chi connectivity index (χ2v) is 10.7. The maximum atomic E-state index is 13.1. The maximum absolute atomic E-state index is 13.1. The molecule has 0 radical (unpaired) electrons. The van der Waals surface area contributed by atoms with E-state index in [1.54, 1.807) is 35.2 Å². The first kappa shape index (κ1) is 23.8. The molecule has 2 amide bonds. The van der Waals surface area contributed by atoms with Gasteiger partial charge in [0.1, 0.15) is 6.04 Å². The molecule has 2 aromatic rings. The van der Waals surface area contributed by atoms with E-state index in [9.17, 15) is 18.0 Å². The molecule has 1 unspecified atom stereocenters. The number of likely N-dealkylation sites (tertiary alicyclic amines) is 1. The third-order valence-electron chi connectivity index (χ3n) is 5.56. The van der Waals surface area contributed by atoms with Crippen molar-refractivity contribution < 1.29 is 18.0 Å². The van der Waals surface area contributed by atoms with Gasteiger partial charge in [-0.2, -0.15) is 0 Å². The van der Waals surface area contributed by atoms with E-state index in [-0.39, 0.29) is 22.1 Å². The Morgan fingerprint density at radius 2 is 1.78 bits per heavy atom. The Morgan fingerprint density at radius 3 is 2.41 bits per heavy atom. The topological polar surface area (TPSA) is 95.6 Å². The van der Waals surface area contributed by atoms with Gasteiger partial charge in [-0.05, 0) is 61.1 Å². The van der Waals surface area contributed by atoms with Gasteiger partial charge in [0.25, 0.3) is 15.9 Å². The number of benzene rings is 2. The highest BCUT2D eigenvalue weighted by atomic mass is 32.2. The van der Waals surface area contributed by atoms with Crippen LogP contribution >= 0.6 is 0 Å². The summed E-state index contributed by atoms with van der Waals surface area (Å²) in [4.78, 5) is 27.1. The highest BCUT2D eigenvalue weighted by Crippen LogP contribution is 2.25. The van der Waals surface area contributed by atoms with Gasteiger partial charge >= 0.3 is 0 Å². The normalized spacial score (nSPS) is 16.6. The number of anilines is 1. The standard InChI is InChI=1S/C24H31N3O4S/c1-5-25-22(28)21-10-7-15-27(21)23(29)17-8-6-9-19(16-17)26-32(30,31)20-13-11-18(12-14-20)24(2,3)4/h6,8-9,11-14,16,21,26H,5,7,10,15H2,1-4H3,(H,25,28). The molecule has 1 fully saturated rings. The number of nitrogens with one attached hydrogen (secondary N) is 2. The molecular weight excluding hydrogens is 426 g/mol. The third-order valence-corrected chi connectivity index (χ3v) is 6.96. The number of nitrogens with zero attached hydrogens (tertiary/aromatic N) is 1. The van der Waals surface area contributed by atoms with Crippen molar-refractivity contribution in [3.63, 3.8) is 0 Å². The van der Waals surface area contributed by atoms with Gasteiger partial charge in [-0.15, -0.1) is 0 Å². The summed E-state index contributed by atoms with van der Waals surface area (Å²) < 4.78 is 28.3. The SMILES string of the molecule is CCNC(=O)C1CCCN1C(=O)c1cccc(NS(=O)(=O)c2ccc(C(C)(C)C)cc2)c1. The summed E-state index contributed by atoms with van der Waals surface area (Å²) in [6.45, 7) is 9.03. The van der Waals surface area contributed by atoms with Crippen LogP contribution in [0.25, 0.3) is 0 Å². The molecule has 2 aromatic carbocycles. The van der Waals surface area contributed by atoms with Crippen molar-refractivity contribution in [2.45, 2.75) is 56.9 Å². The minimum Gasteiger partial charge on any atom is -0.355 e. The van der Waals surface area contributed by atoms with Crippen molar-refractivity contribution in [1.29, 1.82) is 0 Å². The van der Waals surface area contributed by atoms with Crippen molar-refractivity contribution in [3.8, 4) is 0 Å². The second-order valence-electron chi connectivity index (χ2n) is 9.01. The summed E-state index contributed by atoms with van der Waals surface area (Å²) in [5.41, 5.74) is 1.59. The second kappa shape index (κ2) is 9.32. The van der Waals surface area contributed by atoms with Gasteiger partial charge in [-0.3, -0.25) is 14.3 Å². The number of carbonyl (C=O) groups excluding carboxylic acids is 2. The average Bonchev–Trinajstić information content (AvgIpc) is 3.23. The third kappa shape index (κ3) is 5.30. The minimum absolute atomic E-state index is 0.0775. The summed E-state index contributed by atoms with van der Waals surface area (Å²) in [5.74, 6) is -0.441. The van der Waals surface area contributed by atoms with E-state index in [1.165, 1.54) is 6.07 Å². The fourth-order valence-corrected chi connectivity index (χ4v) is 4.85. The van der Waals surface area contributed by atoms with E-state index in [1.807, 2.05) is 19.1 Å². The number of amides is 2. The molecule has 172 valence electrons. The number of likely N-dealkylation sites (N-methyl/N-ethyl adjacent to an activating group) is 1. The summed E-state index contributed by atoms with van der Waals surface area (Å²) in [5, 5.41) is 2.77. The van der Waals surface area contributed by atoms with Gasteiger partial charge in [0.15, 0.2) is 0 Å². The predicted molar refractivity (Wildman–Crippen MR) is 125 cm³/mol. The zero-order valence-corrected chi connectivity index (χ0v) is 19.8. The van der Waals surface area contributed by atoms with E-state index in [0.29, 0.717) is 30.8 Å². The van der Waals surface area contributed by atoms with Crippen LogP contribution in [0.5, 0.6) is 0 Å². The molecule has 1 aliphatic heterocycles. The summed E-state index contributed by atoms with van der Waals surface area (Å²) in [6, 6.07) is 12.7. The van der Waals surface area contributed by atoms with E-state index >= 15 is 0 Å². The van der Waals surface area contributed by atoms with E-state index in [4.69, 9.17) is 0 Å². The largest absolute Gasteiger partial charge is 0.355 e. The molecular formula is C24H31N3O4S. The van der Waals surface area contributed by atoms with Crippen molar-refractivity contribution in [1.82, 2.24) is 10.2 Å². The van der Waals surface area contributed by atoms with Gasteiger partial charge in [0, 0.05) is 24.3 Å². The Balaban J connectivity index is 1.78. The lowest BCUT2D eigenvalue weighted by Crippen LogP contribution is -2.45. The first-order valence-electron chi connectivity index (χ1n) is 10.8. The predicted octanol–water partition coefficient (Wildman–Crippen LogP) is 3.53. The number of sulfonamides is 1. The van der Waals surface area contributed by atoms with Crippen molar-refractivity contribution in [2.24, 2.45) is 0 Å². The van der Waals surface area contributed by atoms with Crippen molar-refractivity contribution in [2.75, 3.05) is 17.8 Å². The van der Waals surface area contributed by atoms with Crippen molar-refractivity contribution in [3.05, 3.63) is 59.7 Å². The highest BCUT2D eigenvalue weighted by Gasteiger charge is 2.34. The number of carbonyl (C=O) groups is 2. The molecule has 32 heavy (non-hydrogen) atoms. The molecule has 0 spiro atoms. The molecule has 0 bridgehead atoms. The Bertz CT molecular complexity index is 1090. The Hall–Kier alpha value is -2.87. The van der Waals surface area contributed by atoms with Crippen LogP contribution in [0.1, 0.15) is 56.5 Å². The monoisotopic (exact) mass is 457 g/mol. The molecule has 1 saturated heterocycles. The average molecular weight is 458 g/mol. The lowest BCUT2D eigenvalue weighted by atomic mass is 9.87. The molecule has 0 aliphatic carbocycles. The van der Waals surface area contributed by atoms with Crippen LogP contribution in [0, 0.1) is 0 Å². The summed E-state index contributed by atoms with van der Waals surface area (Å²) in [7, 11) is -3.81.